The van der Waals surface area contributed by atoms with Crippen LogP contribution in [0.1, 0.15) is 25.0 Å². The van der Waals surface area contributed by atoms with Crippen LogP contribution in [-0.4, -0.2) is 0 Å². The lowest BCUT2D eigenvalue weighted by Crippen LogP contribution is -2.33. The first-order valence-corrected chi connectivity index (χ1v) is 18.0. The van der Waals surface area contributed by atoms with Gasteiger partial charge in [0, 0.05) is 22.1 Å². The number of para-hydroxylation sites is 2. The molecule has 0 N–H and O–H groups in total. The Morgan fingerprint density at radius 3 is 1.90 bits per heavy atom. The maximum absolute atomic E-state index is 7.27. The lowest BCUT2D eigenvalue weighted by molar-refractivity contribution is 0.473. The van der Waals surface area contributed by atoms with Crippen LogP contribution in [0.5, 0.6) is 11.5 Å². The van der Waals surface area contributed by atoms with Gasteiger partial charge in [0.05, 0.1) is 28.4 Å². The summed E-state index contributed by atoms with van der Waals surface area (Å²) in [7, 11) is 0. The molecule has 2 heterocycles. The average Bonchev–Trinajstić information content (AvgIpc) is 3.20. The number of ether oxygens (including phenoxy) is 1. The minimum absolute atomic E-state index is 0.341. The summed E-state index contributed by atoms with van der Waals surface area (Å²) in [6.07, 6.45) is 0. The highest BCUT2D eigenvalue weighted by Crippen LogP contribution is 2.65. The van der Waals surface area contributed by atoms with Gasteiger partial charge < -0.3 is 14.5 Å². The first-order valence-electron chi connectivity index (χ1n) is 18.0. The molecule has 0 amide bonds. The van der Waals surface area contributed by atoms with Crippen LogP contribution >= 0.6 is 0 Å². The van der Waals surface area contributed by atoms with E-state index in [1.165, 1.54) is 33.3 Å². The van der Waals surface area contributed by atoms with Gasteiger partial charge in [-0.05, 0) is 69.6 Å². The summed E-state index contributed by atoms with van der Waals surface area (Å²) < 4.78 is 7.27. The third-order valence-electron chi connectivity index (χ3n) is 10.8. The number of fused-ring (bicyclic) bond motifs is 6. The molecule has 2 aliphatic rings. The Morgan fingerprint density at radius 2 is 1.13 bits per heavy atom. The van der Waals surface area contributed by atoms with Crippen molar-refractivity contribution >= 4 is 44.9 Å². The molecule has 0 unspecified atom stereocenters. The van der Waals surface area contributed by atoms with E-state index in [4.69, 9.17) is 4.74 Å². The smallest absolute Gasteiger partial charge is 0.175 e. The van der Waals surface area contributed by atoms with Gasteiger partial charge >= 0.3 is 0 Å². The summed E-state index contributed by atoms with van der Waals surface area (Å²) >= 11 is 0. The molecule has 248 valence electrons. The summed E-state index contributed by atoms with van der Waals surface area (Å²) in [6, 6.07) is 65.1. The fraction of sp³-hybridized carbons (Fsp3) is 0.0612. The van der Waals surface area contributed by atoms with Crippen molar-refractivity contribution < 1.29 is 4.74 Å². The molecular weight excluding hydrogens is 633 g/mol. The highest BCUT2D eigenvalue weighted by Gasteiger charge is 2.45. The van der Waals surface area contributed by atoms with Crippen molar-refractivity contribution in [3.05, 3.63) is 193 Å². The minimum atomic E-state index is -0.341. The first-order chi connectivity index (χ1) is 25.6. The van der Waals surface area contributed by atoms with Crippen molar-refractivity contribution in [2.24, 2.45) is 0 Å². The molecule has 0 saturated carbocycles. The third-order valence-corrected chi connectivity index (χ3v) is 10.8. The van der Waals surface area contributed by atoms with Gasteiger partial charge in [0.1, 0.15) is 0 Å². The lowest BCUT2D eigenvalue weighted by Gasteiger charge is -2.47. The zero-order valence-electron chi connectivity index (χ0n) is 29.1. The number of benzene rings is 8. The van der Waals surface area contributed by atoms with Crippen molar-refractivity contribution in [3.63, 3.8) is 0 Å². The third kappa shape index (κ3) is 4.52. The lowest BCUT2D eigenvalue weighted by atomic mass is 9.70. The molecule has 0 bridgehead atoms. The van der Waals surface area contributed by atoms with E-state index in [0.717, 1.165) is 56.4 Å². The van der Waals surface area contributed by atoms with E-state index in [2.05, 4.69) is 206 Å². The van der Waals surface area contributed by atoms with E-state index >= 15 is 0 Å². The van der Waals surface area contributed by atoms with E-state index in [1.807, 2.05) is 0 Å². The number of hydrogen-bond acceptors (Lipinski definition) is 3. The second kappa shape index (κ2) is 11.8. The van der Waals surface area contributed by atoms with Crippen molar-refractivity contribution in [3.8, 4) is 33.8 Å². The molecular formula is C49H36N2O. The Labute approximate surface area is 304 Å². The average molecular weight is 669 g/mol. The Morgan fingerprint density at radius 1 is 0.500 bits per heavy atom. The van der Waals surface area contributed by atoms with Crippen LogP contribution in [0.4, 0.5) is 34.1 Å². The van der Waals surface area contributed by atoms with Crippen molar-refractivity contribution in [1.82, 2.24) is 0 Å². The predicted octanol–water partition coefficient (Wildman–Crippen LogP) is 13.9. The molecule has 8 aromatic carbocycles. The molecule has 0 radical (unpaired) electrons. The monoisotopic (exact) mass is 668 g/mol. The van der Waals surface area contributed by atoms with Crippen LogP contribution in [0.15, 0.2) is 182 Å². The Bertz CT molecular complexity index is 2630. The molecule has 10 rings (SSSR count). The van der Waals surface area contributed by atoms with Gasteiger partial charge in [0.2, 0.25) is 0 Å². The van der Waals surface area contributed by atoms with E-state index < -0.39 is 0 Å². The van der Waals surface area contributed by atoms with Gasteiger partial charge in [0.15, 0.2) is 11.5 Å². The number of rotatable bonds is 5. The molecule has 3 nitrogen and oxygen atoms in total. The Balaban J connectivity index is 1.30. The summed E-state index contributed by atoms with van der Waals surface area (Å²) in [5, 5.41) is 2.34. The van der Waals surface area contributed by atoms with Crippen molar-refractivity contribution in [1.29, 1.82) is 0 Å². The standard InChI is InChI=1S/C49H36N2O/c1-49(2)40-30-31-43(50(36-22-10-5-11-23-36)41-27-15-14-24-37(41)33-17-6-3-7-18-33)48-47(40)51(46-39-25-13-12-21-35(39)29-32-44(46)52-48)42-28-16-26-38(45(42)49)34-19-8-4-9-20-34/h3-32H,1-2H3. The summed E-state index contributed by atoms with van der Waals surface area (Å²) in [5.74, 6) is 1.68. The fourth-order valence-corrected chi connectivity index (χ4v) is 8.47. The maximum Gasteiger partial charge on any atom is 0.175 e. The molecule has 0 aliphatic carbocycles. The van der Waals surface area contributed by atoms with Crippen LogP contribution < -0.4 is 14.5 Å². The molecule has 52 heavy (non-hydrogen) atoms. The number of anilines is 6. The van der Waals surface area contributed by atoms with Crippen LogP contribution in [-0.2, 0) is 5.41 Å². The van der Waals surface area contributed by atoms with Crippen molar-refractivity contribution in [2.75, 3.05) is 9.80 Å². The predicted molar refractivity (Wildman–Crippen MR) is 216 cm³/mol. The topological polar surface area (TPSA) is 15.7 Å². The van der Waals surface area contributed by atoms with E-state index in [1.54, 1.807) is 0 Å². The SMILES string of the molecule is CC1(C)c2ccc(N(c3ccccc3)c3ccccc3-c3ccccc3)c3c2N(c2cccc(-c4ccccc4)c21)c1c(ccc2ccccc12)O3. The van der Waals surface area contributed by atoms with Gasteiger partial charge in [-0.15, -0.1) is 0 Å². The zero-order chi connectivity index (χ0) is 34.8. The molecule has 0 spiro atoms. The maximum atomic E-state index is 7.27. The Kier molecular flexibility index (Phi) is 6.84. The molecule has 3 heteroatoms. The van der Waals surface area contributed by atoms with Gasteiger partial charge in [-0.2, -0.15) is 0 Å². The van der Waals surface area contributed by atoms with Crippen LogP contribution in [0.25, 0.3) is 33.0 Å². The minimum Gasteiger partial charge on any atom is -0.451 e. The summed E-state index contributed by atoms with van der Waals surface area (Å²) in [5.41, 5.74) is 13.4. The number of nitrogens with zero attached hydrogens (tertiary/aromatic N) is 2. The first kappa shape index (κ1) is 30.3. The number of hydrogen-bond donors (Lipinski definition) is 0. The molecule has 0 atom stereocenters. The largest absolute Gasteiger partial charge is 0.451 e. The highest BCUT2D eigenvalue weighted by molar-refractivity contribution is 6.08. The van der Waals surface area contributed by atoms with Gasteiger partial charge in [-0.1, -0.05) is 159 Å². The van der Waals surface area contributed by atoms with Gasteiger partial charge in [-0.3, -0.25) is 0 Å². The summed E-state index contributed by atoms with van der Waals surface area (Å²) in [4.78, 5) is 4.86. The van der Waals surface area contributed by atoms with Crippen LogP contribution in [0.3, 0.4) is 0 Å². The van der Waals surface area contributed by atoms with E-state index in [9.17, 15) is 0 Å². The summed E-state index contributed by atoms with van der Waals surface area (Å²) in [6.45, 7) is 4.73. The van der Waals surface area contributed by atoms with E-state index in [-0.39, 0.29) is 5.41 Å². The fourth-order valence-electron chi connectivity index (χ4n) is 8.47. The molecule has 2 aliphatic heterocycles. The van der Waals surface area contributed by atoms with Crippen LogP contribution in [0, 0.1) is 0 Å². The van der Waals surface area contributed by atoms with Crippen LogP contribution in [0.2, 0.25) is 0 Å². The van der Waals surface area contributed by atoms with Gasteiger partial charge in [-0.25, -0.2) is 0 Å². The van der Waals surface area contributed by atoms with Gasteiger partial charge in [0.25, 0.3) is 0 Å². The molecule has 0 aromatic heterocycles. The molecule has 0 saturated heterocycles. The Hall–Kier alpha value is -6.58. The van der Waals surface area contributed by atoms with E-state index in [0.29, 0.717) is 0 Å². The molecule has 0 fully saturated rings. The molecule has 8 aromatic rings. The normalized spacial score (nSPS) is 13.5. The highest BCUT2D eigenvalue weighted by atomic mass is 16.5. The quantitative estimate of drug-likeness (QED) is 0.182. The second-order valence-corrected chi connectivity index (χ2v) is 14.1. The zero-order valence-corrected chi connectivity index (χ0v) is 29.1. The second-order valence-electron chi connectivity index (χ2n) is 14.1. The van der Waals surface area contributed by atoms with Crippen molar-refractivity contribution in [2.45, 2.75) is 19.3 Å².